The highest BCUT2D eigenvalue weighted by atomic mass is 32.2. The molecule has 0 bridgehead atoms. The Labute approximate surface area is 159 Å². The standard InChI is InChI=1S/C17H26N6O3S/c1-12-19-14(11-22(12)2)27(24,25)23-9-5-13(6-10-23)15-20-16(21-26-15)17(18)7-3-4-8-17/h11,13H,3-10,18H2,1-2H3. The van der Waals surface area contributed by atoms with Gasteiger partial charge in [-0.1, -0.05) is 18.0 Å². The molecule has 1 saturated carbocycles. The number of piperidine rings is 1. The van der Waals surface area contributed by atoms with E-state index in [1.165, 1.54) is 4.31 Å². The average Bonchev–Trinajstić information content (AvgIpc) is 3.37. The Morgan fingerprint density at radius 3 is 2.48 bits per heavy atom. The molecule has 148 valence electrons. The third-order valence-electron chi connectivity index (χ3n) is 5.88. The van der Waals surface area contributed by atoms with Gasteiger partial charge in [0.1, 0.15) is 5.82 Å². The highest BCUT2D eigenvalue weighted by Gasteiger charge is 2.38. The van der Waals surface area contributed by atoms with Gasteiger partial charge in [0.15, 0.2) is 10.9 Å². The molecule has 10 heteroatoms. The molecule has 3 heterocycles. The summed E-state index contributed by atoms with van der Waals surface area (Å²) in [7, 11) is -1.79. The fourth-order valence-corrected chi connectivity index (χ4v) is 5.45. The van der Waals surface area contributed by atoms with Crippen LogP contribution in [0.4, 0.5) is 0 Å². The lowest BCUT2D eigenvalue weighted by Gasteiger charge is -2.28. The molecule has 27 heavy (non-hydrogen) atoms. The Hall–Kier alpha value is -1.78. The van der Waals surface area contributed by atoms with E-state index in [1.54, 1.807) is 24.7 Å². The van der Waals surface area contributed by atoms with Crippen molar-refractivity contribution < 1.29 is 12.9 Å². The first-order valence-electron chi connectivity index (χ1n) is 9.43. The van der Waals surface area contributed by atoms with E-state index in [2.05, 4.69) is 15.1 Å². The summed E-state index contributed by atoms with van der Waals surface area (Å²) in [5.74, 6) is 1.90. The first kappa shape index (κ1) is 18.6. The summed E-state index contributed by atoms with van der Waals surface area (Å²) < 4.78 is 34.3. The van der Waals surface area contributed by atoms with Gasteiger partial charge in [0.2, 0.25) is 5.89 Å². The molecule has 1 saturated heterocycles. The molecule has 0 aromatic carbocycles. The van der Waals surface area contributed by atoms with Crippen LogP contribution in [-0.2, 0) is 22.6 Å². The van der Waals surface area contributed by atoms with Crippen molar-refractivity contribution in [2.45, 2.75) is 61.9 Å². The summed E-state index contributed by atoms with van der Waals surface area (Å²) in [6.45, 7) is 2.61. The molecule has 1 aliphatic heterocycles. The lowest BCUT2D eigenvalue weighted by atomic mass is 9.97. The molecule has 2 aliphatic rings. The monoisotopic (exact) mass is 394 g/mol. The van der Waals surface area contributed by atoms with Crippen molar-refractivity contribution in [1.29, 1.82) is 0 Å². The molecule has 9 nitrogen and oxygen atoms in total. The Morgan fingerprint density at radius 2 is 1.89 bits per heavy atom. The number of aromatic nitrogens is 4. The molecule has 2 N–H and O–H groups in total. The third kappa shape index (κ3) is 3.30. The molecule has 0 spiro atoms. The summed E-state index contributed by atoms with van der Waals surface area (Å²) in [5.41, 5.74) is 5.93. The Morgan fingerprint density at radius 1 is 1.22 bits per heavy atom. The number of nitrogens with two attached hydrogens (primary N) is 1. The zero-order valence-electron chi connectivity index (χ0n) is 15.8. The summed E-state index contributed by atoms with van der Waals surface area (Å²) >= 11 is 0. The summed E-state index contributed by atoms with van der Waals surface area (Å²) in [6, 6.07) is 0. The second kappa shape index (κ2) is 6.68. The second-order valence-corrected chi connectivity index (χ2v) is 9.62. The van der Waals surface area contributed by atoms with E-state index in [-0.39, 0.29) is 10.9 Å². The van der Waals surface area contributed by atoms with Crippen LogP contribution < -0.4 is 5.73 Å². The van der Waals surface area contributed by atoms with E-state index >= 15 is 0 Å². The molecular weight excluding hydrogens is 368 g/mol. The molecule has 0 atom stereocenters. The predicted molar refractivity (Wildman–Crippen MR) is 97.3 cm³/mol. The highest BCUT2D eigenvalue weighted by Crippen LogP contribution is 2.36. The van der Waals surface area contributed by atoms with Crippen molar-refractivity contribution in [1.82, 2.24) is 24.0 Å². The normalized spacial score (nSPS) is 21.7. The first-order chi connectivity index (χ1) is 12.8. The smallest absolute Gasteiger partial charge is 0.262 e. The topological polar surface area (TPSA) is 120 Å². The van der Waals surface area contributed by atoms with Gasteiger partial charge in [0.05, 0.1) is 5.54 Å². The highest BCUT2D eigenvalue weighted by molar-refractivity contribution is 7.89. The van der Waals surface area contributed by atoms with Crippen molar-refractivity contribution in [3.05, 3.63) is 23.7 Å². The van der Waals surface area contributed by atoms with Crippen LogP contribution in [0.2, 0.25) is 0 Å². The molecular formula is C17H26N6O3S. The third-order valence-corrected chi connectivity index (χ3v) is 7.65. The Bertz CT molecular complexity index is 901. The maximum atomic E-state index is 12.8. The van der Waals surface area contributed by atoms with Crippen LogP contribution in [0, 0.1) is 6.92 Å². The van der Waals surface area contributed by atoms with Gasteiger partial charge in [0.25, 0.3) is 10.0 Å². The minimum Gasteiger partial charge on any atom is -0.339 e. The van der Waals surface area contributed by atoms with Crippen LogP contribution in [0.15, 0.2) is 15.7 Å². The van der Waals surface area contributed by atoms with Gasteiger partial charge in [-0.05, 0) is 32.6 Å². The average molecular weight is 395 g/mol. The molecule has 4 rings (SSSR count). The number of hydrogen-bond donors (Lipinski definition) is 1. The fraction of sp³-hybridized carbons (Fsp3) is 0.706. The van der Waals surface area contributed by atoms with Crippen molar-refractivity contribution in [3.8, 4) is 0 Å². The van der Waals surface area contributed by atoms with Crippen LogP contribution in [0.25, 0.3) is 0 Å². The van der Waals surface area contributed by atoms with Crippen LogP contribution >= 0.6 is 0 Å². The number of sulfonamides is 1. The van der Waals surface area contributed by atoms with Crippen molar-refractivity contribution in [2.75, 3.05) is 13.1 Å². The fourth-order valence-electron chi connectivity index (χ4n) is 3.96. The number of imidazole rings is 1. The summed E-state index contributed by atoms with van der Waals surface area (Å²) in [4.78, 5) is 8.73. The van der Waals surface area contributed by atoms with E-state index in [0.29, 0.717) is 43.5 Å². The van der Waals surface area contributed by atoms with E-state index in [1.807, 2.05) is 0 Å². The van der Waals surface area contributed by atoms with Gasteiger partial charge in [-0.25, -0.2) is 13.4 Å². The van der Waals surface area contributed by atoms with Crippen molar-refractivity contribution in [3.63, 3.8) is 0 Å². The van der Waals surface area contributed by atoms with E-state index in [0.717, 1.165) is 25.7 Å². The molecule has 0 amide bonds. The van der Waals surface area contributed by atoms with Gasteiger partial charge in [-0.3, -0.25) is 0 Å². The van der Waals surface area contributed by atoms with Gasteiger partial charge >= 0.3 is 0 Å². The Kier molecular flexibility index (Phi) is 4.59. The zero-order valence-corrected chi connectivity index (χ0v) is 16.6. The maximum absolute atomic E-state index is 12.8. The van der Waals surface area contributed by atoms with Gasteiger partial charge < -0.3 is 14.8 Å². The number of rotatable bonds is 4. The van der Waals surface area contributed by atoms with Crippen LogP contribution in [0.3, 0.4) is 0 Å². The predicted octanol–water partition coefficient (Wildman–Crippen LogP) is 1.41. The van der Waals surface area contributed by atoms with Crippen LogP contribution in [0.5, 0.6) is 0 Å². The maximum Gasteiger partial charge on any atom is 0.262 e. The van der Waals surface area contributed by atoms with Gasteiger partial charge in [-0.2, -0.15) is 9.29 Å². The Balaban J connectivity index is 1.44. The first-order valence-corrected chi connectivity index (χ1v) is 10.9. The molecule has 2 aromatic heterocycles. The molecule has 0 unspecified atom stereocenters. The van der Waals surface area contributed by atoms with Gasteiger partial charge in [0, 0.05) is 32.3 Å². The van der Waals surface area contributed by atoms with Crippen molar-refractivity contribution in [2.24, 2.45) is 12.8 Å². The van der Waals surface area contributed by atoms with Crippen LogP contribution in [0.1, 0.15) is 62.0 Å². The largest absolute Gasteiger partial charge is 0.339 e. The molecule has 0 radical (unpaired) electrons. The SMILES string of the molecule is Cc1nc(S(=O)(=O)N2CCC(c3nc(C4(N)CCCC4)no3)CC2)cn1C. The number of aryl methyl sites for hydroxylation is 2. The minimum absolute atomic E-state index is 0.0631. The number of hydrogen-bond acceptors (Lipinski definition) is 7. The van der Waals surface area contributed by atoms with E-state index in [9.17, 15) is 8.42 Å². The van der Waals surface area contributed by atoms with E-state index < -0.39 is 15.6 Å². The summed E-state index contributed by atoms with van der Waals surface area (Å²) in [6.07, 6.45) is 6.78. The molecule has 2 aromatic rings. The second-order valence-electron chi connectivity index (χ2n) is 7.74. The van der Waals surface area contributed by atoms with Crippen LogP contribution in [-0.4, -0.2) is 45.5 Å². The molecule has 1 aliphatic carbocycles. The van der Waals surface area contributed by atoms with E-state index in [4.69, 9.17) is 10.3 Å². The molecule has 2 fully saturated rings. The van der Waals surface area contributed by atoms with Crippen molar-refractivity contribution >= 4 is 10.0 Å². The van der Waals surface area contributed by atoms with Gasteiger partial charge in [-0.15, -0.1) is 0 Å². The zero-order chi connectivity index (χ0) is 19.2. The lowest BCUT2D eigenvalue weighted by molar-refractivity contribution is 0.268. The lowest BCUT2D eigenvalue weighted by Crippen LogP contribution is -2.38. The quantitative estimate of drug-likeness (QED) is 0.832. The number of nitrogens with zero attached hydrogens (tertiary/aromatic N) is 5. The minimum atomic E-state index is -3.57. The summed E-state index contributed by atoms with van der Waals surface area (Å²) in [5, 5.41) is 4.22.